The predicted octanol–water partition coefficient (Wildman–Crippen LogP) is 2.21. The molecular weight excluding hydrogens is 350 g/mol. The first kappa shape index (κ1) is 20.6. The zero-order valence-electron chi connectivity index (χ0n) is 17.3. The van der Waals surface area contributed by atoms with Crippen LogP contribution >= 0.6 is 0 Å². The van der Waals surface area contributed by atoms with E-state index in [0.717, 1.165) is 45.0 Å². The summed E-state index contributed by atoms with van der Waals surface area (Å²) in [6, 6.07) is 9.17. The molecule has 3 rings (SSSR count). The molecule has 0 bridgehead atoms. The smallest absolute Gasteiger partial charge is 0.223 e. The third-order valence-corrected chi connectivity index (χ3v) is 5.47. The Balaban J connectivity index is 1.56. The van der Waals surface area contributed by atoms with Gasteiger partial charge in [-0.2, -0.15) is 0 Å². The molecule has 0 aromatic heterocycles. The fourth-order valence-electron chi connectivity index (χ4n) is 3.65. The van der Waals surface area contributed by atoms with E-state index in [0.29, 0.717) is 19.1 Å². The highest BCUT2D eigenvalue weighted by molar-refractivity contribution is 5.81. The van der Waals surface area contributed by atoms with Crippen molar-refractivity contribution in [2.24, 2.45) is 10.9 Å². The summed E-state index contributed by atoms with van der Waals surface area (Å²) in [5.41, 5.74) is 2.62. The van der Waals surface area contributed by atoms with Crippen LogP contribution in [-0.4, -0.2) is 56.0 Å². The number of nitrogens with one attached hydrogen (secondary N) is 3. The molecule has 28 heavy (non-hydrogen) atoms. The van der Waals surface area contributed by atoms with Crippen LogP contribution in [-0.2, 0) is 4.79 Å². The van der Waals surface area contributed by atoms with Crippen molar-refractivity contribution in [2.45, 2.75) is 45.6 Å². The minimum Gasteiger partial charge on any atom is -0.357 e. The lowest BCUT2D eigenvalue weighted by Crippen LogP contribution is -2.42. The summed E-state index contributed by atoms with van der Waals surface area (Å²) in [4.78, 5) is 19.1. The average Bonchev–Trinajstić information content (AvgIpc) is 3.42. The van der Waals surface area contributed by atoms with E-state index >= 15 is 0 Å². The first-order chi connectivity index (χ1) is 13.7. The fourth-order valence-corrected chi connectivity index (χ4v) is 3.65. The molecule has 1 heterocycles. The number of amides is 1. The number of carbonyl (C=O) groups is 1. The molecule has 1 saturated heterocycles. The lowest BCUT2D eigenvalue weighted by Gasteiger charge is -2.27. The van der Waals surface area contributed by atoms with Gasteiger partial charge in [0, 0.05) is 25.6 Å². The van der Waals surface area contributed by atoms with Crippen molar-refractivity contribution in [1.82, 2.24) is 20.9 Å². The highest BCUT2D eigenvalue weighted by Crippen LogP contribution is 2.28. The lowest BCUT2D eigenvalue weighted by atomic mass is 10.0. The number of likely N-dealkylation sites (tertiary alicyclic amines) is 1. The second-order valence-corrected chi connectivity index (χ2v) is 7.88. The van der Waals surface area contributed by atoms with Crippen LogP contribution < -0.4 is 16.0 Å². The molecule has 2 fully saturated rings. The second-order valence-electron chi connectivity index (χ2n) is 7.88. The molecule has 0 spiro atoms. The van der Waals surface area contributed by atoms with E-state index in [2.05, 4.69) is 59.0 Å². The number of carbonyl (C=O) groups excluding carboxylic acids is 1. The van der Waals surface area contributed by atoms with Crippen molar-refractivity contribution in [3.63, 3.8) is 0 Å². The Morgan fingerprint density at radius 2 is 1.79 bits per heavy atom. The van der Waals surface area contributed by atoms with Gasteiger partial charge in [-0.15, -0.1) is 0 Å². The summed E-state index contributed by atoms with van der Waals surface area (Å²) in [6.07, 6.45) is 4.62. The first-order valence-corrected chi connectivity index (χ1v) is 10.8. The molecule has 3 N–H and O–H groups in total. The van der Waals surface area contributed by atoms with Crippen LogP contribution in [0.1, 0.15) is 49.8 Å². The van der Waals surface area contributed by atoms with Crippen LogP contribution in [0.15, 0.2) is 29.3 Å². The summed E-state index contributed by atoms with van der Waals surface area (Å²) >= 11 is 0. The molecule has 1 atom stereocenters. The van der Waals surface area contributed by atoms with Gasteiger partial charge in [-0.25, -0.2) is 0 Å². The molecule has 6 nitrogen and oxygen atoms in total. The number of aliphatic imine (C=N–C) groups is 1. The highest BCUT2D eigenvalue weighted by atomic mass is 16.2. The Morgan fingerprint density at radius 3 is 2.43 bits per heavy atom. The molecule has 1 unspecified atom stereocenters. The normalized spacial score (nSPS) is 18.7. The van der Waals surface area contributed by atoms with Crippen molar-refractivity contribution < 1.29 is 4.79 Å². The molecule has 154 valence electrons. The molecule has 1 aliphatic heterocycles. The number of benzene rings is 1. The first-order valence-electron chi connectivity index (χ1n) is 10.8. The maximum Gasteiger partial charge on any atom is 0.223 e. The minimum absolute atomic E-state index is 0.192. The number of hydrogen-bond acceptors (Lipinski definition) is 3. The van der Waals surface area contributed by atoms with Crippen LogP contribution in [0.3, 0.4) is 0 Å². The fraction of sp³-hybridized carbons (Fsp3) is 0.636. The SMILES string of the molecule is CCNC(=NCC(c1ccc(C)cc1)N1CCCC1)NCCNC(=O)C1CC1. The maximum absolute atomic E-state index is 11.7. The minimum atomic E-state index is 0.192. The Labute approximate surface area is 169 Å². The van der Waals surface area contributed by atoms with Gasteiger partial charge in [0.2, 0.25) is 5.91 Å². The van der Waals surface area contributed by atoms with Crippen LogP contribution in [0.4, 0.5) is 0 Å². The van der Waals surface area contributed by atoms with Gasteiger partial charge in [0.15, 0.2) is 5.96 Å². The quantitative estimate of drug-likeness (QED) is 0.346. The van der Waals surface area contributed by atoms with E-state index < -0.39 is 0 Å². The molecule has 1 aromatic carbocycles. The maximum atomic E-state index is 11.7. The average molecular weight is 386 g/mol. The van der Waals surface area contributed by atoms with E-state index in [1.807, 2.05) is 0 Å². The van der Waals surface area contributed by atoms with Gasteiger partial charge in [-0.05, 0) is 58.2 Å². The van der Waals surface area contributed by atoms with Gasteiger partial charge in [-0.3, -0.25) is 14.7 Å². The van der Waals surface area contributed by atoms with E-state index in [9.17, 15) is 4.79 Å². The van der Waals surface area contributed by atoms with Crippen molar-refractivity contribution in [1.29, 1.82) is 0 Å². The van der Waals surface area contributed by atoms with Crippen LogP contribution in [0.25, 0.3) is 0 Å². The number of guanidine groups is 1. The van der Waals surface area contributed by atoms with Gasteiger partial charge in [-0.1, -0.05) is 29.8 Å². The van der Waals surface area contributed by atoms with Gasteiger partial charge >= 0.3 is 0 Å². The Kier molecular flexibility index (Phi) is 7.71. The molecule has 1 saturated carbocycles. The predicted molar refractivity (Wildman–Crippen MR) is 114 cm³/mol. The monoisotopic (exact) mass is 385 g/mol. The molecule has 1 amide bonds. The Bertz CT molecular complexity index is 647. The zero-order valence-corrected chi connectivity index (χ0v) is 17.3. The van der Waals surface area contributed by atoms with Gasteiger partial charge in [0.25, 0.3) is 0 Å². The van der Waals surface area contributed by atoms with Crippen molar-refractivity contribution in [3.8, 4) is 0 Å². The van der Waals surface area contributed by atoms with Crippen LogP contribution in [0, 0.1) is 12.8 Å². The number of hydrogen-bond donors (Lipinski definition) is 3. The zero-order chi connectivity index (χ0) is 19.8. The lowest BCUT2D eigenvalue weighted by molar-refractivity contribution is -0.122. The summed E-state index contributed by atoms with van der Waals surface area (Å²) in [5, 5.41) is 9.66. The molecule has 1 aliphatic carbocycles. The van der Waals surface area contributed by atoms with Gasteiger partial charge < -0.3 is 16.0 Å². The molecule has 6 heteroatoms. The Hall–Kier alpha value is -2.08. The number of nitrogens with zero attached hydrogens (tertiary/aromatic N) is 2. The largest absolute Gasteiger partial charge is 0.357 e. The molecule has 1 aromatic rings. The van der Waals surface area contributed by atoms with E-state index in [1.165, 1.54) is 24.0 Å². The highest BCUT2D eigenvalue weighted by Gasteiger charge is 2.29. The standard InChI is InChI=1S/C22H35N5O/c1-3-23-22(25-13-12-24-21(28)19-10-11-19)26-16-20(27-14-4-5-15-27)18-8-6-17(2)7-9-18/h6-9,19-20H,3-5,10-16H2,1-2H3,(H,24,28)(H2,23,25,26). The van der Waals surface area contributed by atoms with Crippen LogP contribution in [0.5, 0.6) is 0 Å². The Morgan fingerprint density at radius 1 is 1.11 bits per heavy atom. The van der Waals surface area contributed by atoms with Crippen molar-refractivity contribution in [3.05, 3.63) is 35.4 Å². The number of aryl methyl sites for hydroxylation is 1. The van der Waals surface area contributed by atoms with E-state index in [1.54, 1.807) is 0 Å². The van der Waals surface area contributed by atoms with Gasteiger partial charge in [0.1, 0.15) is 0 Å². The van der Waals surface area contributed by atoms with E-state index in [4.69, 9.17) is 4.99 Å². The van der Waals surface area contributed by atoms with E-state index in [-0.39, 0.29) is 11.8 Å². The molecule has 0 radical (unpaired) electrons. The summed E-state index contributed by atoms with van der Waals surface area (Å²) < 4.78 is 0. The third kappa shape index (κ3) is 6.23. The summed E-state index contributed by atoms with van der Waals surface area (Å²) in [7, 11) is 0. The topological polar surface area (TPSA) is 68.8 Å². The van der Waals surface area contributed by atoms with Gasteiger partial charge in [0.05, 0.1) is 12.6 Å². The summed E-state index contributed by atoms with van der Waals surface area (Å²) in [6.45, 7) is 9.35. The van der Waals surface area contributed by atoms with Crippen molar-refractivity contribution >= 4 is 11.9 Å². The number of rotatable bonds is 9. The second kappa shape index (κ2) is 10.5. The molecular formula is C22H35N5O. The van der Waals surface area contributed by atoms with Crippen molar-refractivity contribution in [2.75, 3.05) is 39.3 Å². The third-order valence-electron chi connectivity index (χ3n) is 5.47. The molecule has 2 aliphatic rings. The van der Waals surface area contributed by atoms with Crippen LogP contribution in [0.2, 0.25) is 0 Å². The summed E-state index contributed by atoms with van der Waals surface area (Å²) in [5.74, 6) is 1.27.